The highest BCUT2D eigenvalue weighted by Gasteiger charge is 2.13. The third-order valence-corrected chi connectivity index (χ3v) is 1.94. The summed E-state index contributed by atoms with van der Waals surface area (Å²) in [6.07, 6.45) is 0. The molecule has 0 unspecified atom stereocenters. The lowest BCUT2D eigenvalue weighted by molar-refractivity contribution is 0.0600. The molecule has 2 N–H and O–H groups in total. The number of esters is 1. The van der Waals surface area contributed by atoms with Gasteiger partial charge in [0.15, 0.2) is 0 Å². The number of nitrogens with zero attached hydrogens (tertiary/aromatic N) is 1. The van der Waals surface area contributed by atoms with Crippen molar-refractivity contribution in [2.24, 2.45) is 5.73 Å². The topological polar surface area (TPSA) is 76.1 Å². The number of carbonyl (C=O) groups is 1. The zero-order valence-corrected chi connectivity index (χ0v) is 8.08. The molecule has 4 nitrogen and oxygen atoms in total. The van der Waals surface area contributed by atoms with E-state index in [-0.39, 0.29) is 23.2 Å². The molecule has 0 fully saturated rings. The smallest absolute Gasteiger partial charge is 0.337 e. The van der Waals surface area contributed by atoms with Crippen molar-refractivity contribution in [3.8, 4) is 6.07 Å². The van der Waals surface area contributed by atoms with Crippen LogP contribution in [0, 0.1) is 17.1 Å². The summed E-state index contributed by atoms with van der Waals surface area (Å²) in [5, 5.41) is 8.73. The van der Waals surface area contributed by atoms with E-state index in [0.29, 0.717) is 0 Å². The van der Waals surface area contributed by atoms with Crippen LogP contribution in [0.4, 0.5) is 4.39 Å². The minimum absolute atomic E-state index is 0.00347. The van der Waals surface area contributed by atoms with Gasteiger partial charge in [-0.3, -0.25) is 0 Å². The number of nitriles is 1. The van der Waals surface area contributed by atoms with Gasteiger partial charge in [-0.2, -0.15) is 5.26 Å². The summed E-state index contributed by atoms with van der Waals surface area (Å²) in [7, 11) is 1.18. The minimum Gasteiger partial charge on any atom is -0.465 e. The lowest BCUT2D eigenvalue weighted by Gasteiger charge is -2.05. The molecule has 0 bridgehead atoms. The van der Waals surface area contributed by atoms with E-state index in [4.69, 9.17) is 11.0 Å². The van der Waals surface area contributed by atoms with Crippen LogP contribution < -0.4 is 5.73 Å². The highest BCUT2D eigenvalue weighted by atomic mass is 19.1. The summed E-state index contributed by atoms with van der Waals surface area (Å²) in [5.41, 5.74) is 5.44. The Morgan fingerprint density at radius 2 is 2.33 bits per heavy atom. The number of methoxy groups -OCH3 is 1. The van der Waals surface area contributed by atoms with E-state index in [1.54, 1.807) is 6.07 Å². The molecule has 0 saturated heterocycles. The Labute approximate surface area is 86.1 Å². The normalized spacial score (nSPS) is 9.47. The van der Waals surface area contributed by atoms with Crippen molar-refractivity contribution < 1.29 is 13.9 Å². The van der Waals surface area contributed by atoms with Crippen LogP contribution in [0.5, 0.6) is 0 Å². The quantitative estimate of drug-likeness (QED) is 0.734. The molecule has 1 aromatic carbocycles. The lowest BCUT2D eigenvalue weighted by Crippen LogP contribution is -2.08. The van der Waals surface area contributed by atoms with Gasteiger partial charge in [-0.25, -0.2) is 9.18 Å². The Morgan fingerprint density at radius 3 is 2.80 bits per heavy atom. The zero-order valence-electron chi connectivity index (χ0n) is 8.08. The number of rotatable bonds is 2. The molecular weight excluding hydrogens is 199 g/mol. The Morgan fingerprint density at radius 1 is 1.67 bits per heavy atom. The molecule has 0 radical (unpaired) electrons. The highest BCUT2D eigenvalue weighted by Crippen LogP contribution is 2.16. The van der Waals surface area contributed by atoms with Crippen molar-refractivity contribution >= 4 is 5.97 Å². The summed E-state index contributed by atoms with van der Waals surface area (Å²) < 4.78 is 17.8. The van der Waals surface area contributed by atoms with Crippen LogP contribution in [0.2, 0.25) is 0 Å². The molecule has 0 heterocycles. The van der Waals surface area contributed by atoms with Crippen LogP contribution in [-0.4, -0.2) is 13.1 Å². The SMILES string of the molecule is COC(=O)c1cc(F)c(CN)c(C#N)c1. The first-order valence-electron chi connectivity index (χ1n) is 4.15. The molecule has 5 heteroatoms. The molecule has 1 rings (SSSR count). The average molecular weight is 208 g/mol. The van der Waals surface area contributed by atoms with Gasteiger partial charge in [-0.1, -0.05) is 0 Å². The molecule has 0 aliphatic heterocycles. The summed E-state index contributed by atoms with van der Waals surface area (Å²) in [4.78, 5) is 11.1. The Bertz CT molecular complexity index is 438. The predicted molar refractivity (Wildman–Crippen MR) is 50.3 cm³/mol. The first kappa shape index (κ1) is 11.1. The van der Waals surface area contributed by atoms with Gasteiger partial charge in [0.25, 0.3) is 0 Å². The highest BCUT2D eigenvalue weighted by molar-refractivity contribution is 5.89. The van der Waals surface area contributed by atoms with Crippen molar-refractivity contribution in [1.29, 1.82) is 5.26 Å². The van der Waals surface area contributed by atoms with E-state index in [1.807, 2.05) is 0 Å². The van der Waals surface area contributed by atoms with Gasteiger partial charge in [0.05, 0.1) is 24.3 Å². The molecule has 1 aromatic rings. The molecule has 0 aliphatic rings. The van der Waals surface area contributed by atoms with Crippen LogP contribution in [0.25, 0.3) is 0 Å². The van der Waals surface area contributed by atoms with Crippen molar-refractivity contribution in [3.63, 3.8) is 0 Å². The fourth-order valence-electron chi connectivity index (χ4n) is 1.18. The van der Waals surface area contributed by atoms with Crippen LogP contribution in [-0.2, 0) is 11.3 Å². The number of hydrogen-bond acceptors (Lipinski definition) is 4. The number of hydrogen-bond donors (Lipinski definition) is 1. The molecule has 0 atom stereocenters. The number of halogens is 1. The maximum Gasteiger partial charge on any atom is 0.337 e. The third kappa shape index (κ3) is 2.11. The molecule has 0 saturated carbocycles. The van der Waals surface area contributed by atoms with Gasteiger partial charge in [0, 0.05) is 12.1 Å². The largest absolute Gasteiger partial charge is 0.465 e. The molecule has 78 valence electrons. The molecular formula is C10H9FN2O2. The van der Waals surface area contributed by atoms with Gasteiger partial charge >= 0.3 is 5.97 Å². The standard InChI is InChI=1S/C10H9FN2O2/c1-15-10(14)6-2-7(4-12)8(5-13)9(11)3-6/h2-3H,5,13H2,1H3. The predicted octanol–water partition coefficient (Wildman–Crippen LogP) is 0.943. The summed E-state index contributed by atoms with van der Waals surface area (Å²) in [6.45, 7) is -0.0871. The Kier molecular flexibility index (Phi) is 3.37. The fraction of sp³-hybridized carbons (Fsp3) is 0.200. The van der Waals surface area contributed by atoms with E-state index >= 15 is 0 Å². The van der Waals surface area contributed by atoms with E-state index in [1.165, 1.54) is 13.2 Å². The van der Waals surface area contributed by atoms with E-state index in [2.05, 4.69) is 4.74 Å². The Hall–Kier alpha value is -1.93. The maximum absolute atomic E-state index is 13.4. The van der Waals surface area contributed by atoms with E-state index in [9.17, 15) is 9.18 Å². The second kappa shape index (κ2) is 4.53. The fourth-order valence-corrected chi connectivity index (χ4v) is 1.18. The number of nitrogens with two attached hydrogens (primary N) is 1. The number of carbonyl (C=O) groups excluding carboxylic acids is 1. The van der Waals surface area contributed by atoms with Gasteiger partial charge in [-0.05, 0) is 12.1 Å². The molecule has 0 amide bonds. The van der Waals surface area contributed by atoms with Gasteiger partial charge in [0.1, 0.15) is 5.82 Å². The first-order chi connectivity index (χ1) is 7.13. The van der Waals surface area contributed by atoms with E-state index < -0.39 is 11.8 Å². The Balaban J connectivity index is 3.33. The summed E-state index contributed by atoms with van der Waals surface area (Å²) >= 11 is 0. The van der Waals surface area contributed by atoms with E-state index in [0.717, 1.165) is 6.07 Å². The molecule has 0 aliphatic carbocycles. The van der Waals surface area contributed by atoms with Crippen LogP contribution in [0.15, 0.2) is 12.1 Å². The van der Waals surface area contributed by atoms with Crippen molar-refractivity contribution in [1.82, 2.24) is 0 Å². The maximum atomic E-state index is 13.4. The van der Waals surface area contributed by atoms with Crippen molar-refractivity contribution in [3.05, 3.63) is 34.6 Å². The minimum atomic E-state index is -0.686. The summed E-state index contributed by atoms with van der Waals surface area (Å²) in [6, 6.07) is 4.05. The second-order valence-electron chi connectivity index (χ2n) is 2.79. The van der Waals surface area contributed by atoms with Crippen molar-refractivity contribution in [2.45, 2.75) is 6.54 Å². The molecule has 0 aromatic heterocycles. The van der Waals surface area contributed by atoms with Gasteiger partial charge in [-0.15, -0.1) is 0 Å². The average Bonchev–Trinajstić information content (AvgIpc) is 2.26. The van der Waals surface area contributed by atoms with Crippen LogP contribution >= 0.6 is 0 Å². The molecule has 0 spiro atoms. The zero-order chi connectivity index (χ0) is 11.4. The van der Waals surface area contributed by atoms with Crippen molar-refractivity contribution in [2.75, 3.05) is 7.11 Å². The summed E-state index contributed by atoms with van der Waals surface area (Å²) in [5.74, 6) is -1.36. The third-order valence-electron chi connectivity index (χ3n) is 1.94. The lowest BCUT2D eigenvalue weighted by atomic mass is 10.0. The van der Waals surface area contributed by atoms with Gasteiger partial charge < -0.3 is 10.5 Å². The first-order valence-corrected chi connectivity index (χ1v) is 4.15. The molecule has 15 heavy (non-hydrogen) atoms. The van der Waals surface area contributed by atoms with Crippen LogP contribution in [0.1, 0.15) is 21.5 Å². The van der Waals surface area contributed by atoms with Gasteiger partial charge in [0.2, 0.25) is 0 Å². The number of benzene rings is 1. The monoisotopic (exact) mass is 208 g/mol. The second-order valence-corrected chi connectivity index (χ2v) is 2.79. The van der Waals surface area contributed by atoms with Crippen LogP contribution in [0.3, 0.4) is 0 Å². The number of ether oxygens (including phenoxy) is 1.